The van der Waals surface area contributed by atoms with Gasteiger partial charge in [0.25, 0.3) is 0 Å². The average molecular weight is 284 g/mol. The molecule has 5 heteroatoms. The largest absolute Gasteiger partial charge is 0.378 e. The summed E-state index contributed by atoms with van der Waals surface area (Å²) in [5, 5.41) is 0.955. The fourth-order valence-corrected chi connectivity index (χ4v) is 2.75. The van der Waals surface area contributed by atoms with Gasteiger partial charge in [-0.2, -0.15) is 0 Å². The molecule has 0 aromatic carbocycles. The number of thiazole rings is 1. The van der Waals surface area contributed by atoms with Crippen LogP contribution in [-0.2, 0) is 11.3 Å². The number of aromatic nitrogens is 1. The van der Waals surface area contributed by atoms with Crippen molar-refractivity contribution >= 4 is 22.8 Å². The topological polar surface area (TPSA) is 42.4 Å². The van der Waals surface area contributed by atoms with E-state index in [-0.39, 0.29) is 0 Å². The molecule has 0 fully saturated rings. The molecule has 0 radical (unpaired) electrons. The molecule has 19 heavy (non-hydrogen) atoms. The number of carbonyl (C=O) groups is 1. The molecule has 0 spiro atoms. The van der Waals surface area contributed by atoms with Crippen molar-refractivity contribution in [2.45, 2.75) is 46.1 Å². The summed E-state index contributed by atoms with van der Waals surface area (Å²) < 4.78 is 5.09. The SMILES string of the molecule is CCCCN(CCCC)c1nc(COC)c(C=O)s1. The Bertz CT molecular complexity index is 372. The summed E-state index contributed by atoms with van der Waals surface area (Å²) in [6.45, 7) is 6.80. The number of carbonyl (C=O) groups excluding carboxylic acids is 1. The van der Waals surface area contributed by atoms with Crippen molar-refractivity contribution in [1.82, 2.24) is 4.98 Å². The zero-order valence-electron chi connectivity index (χ0n) is 12.1. The summed E-state index contributed by atoms with van der Waals surface area (Å²) in [6, 6.07) is 0. The normalized spacial score (nSPS) is 10.7. The van der Waals surface area contributed by atoms with E-state index < -0.39 is 0 Å². The minimum absolute atomic E-state index is 0.403. The molecule has 0 aliphatic carbocycles. The van der Waals surface area contributed by atoms with E-state index in [0.29, 0.717) is 11.5 Å². The van der Waals surface area contributed by atoms with E-state index in [1.165, 1.54) is 24.2 Å². The highest BCUT2D eigenvalue weighted by Gasteiger charge is 2.15. The summed E-state index contributed by atoms with van der Waals surface area (Å²) in [5.74, 6) is 0. The molecule has 4 nitrogen and oxygen atoms in total. The maximum atomic E-state index is 11.1. The first-order chi connectivity index (χ1) is 9.26. The van der Waals surface area contributed by atoms with E-state index in [9.17, 15) is 4.79 Å². The van der Waals surface area contributed by atoms with Gasteiger partial charge >= 0.3 is 0 Å². The second-order valence-corrected chi connectivity index (χ2v) is 5.56. The third kappa shape index (κ3) is 4.91. The lowest BCUT2D eigenvalue weighted by Gasteiger charge is -2.21. The van der Waals surface area contributed by atoms with E-state index in [1.807, 2.05) is 0 Å². The van der Waals surface area contributed by atoms with Crippen LogP contribution < -0.4 is 4.90 Å². The van der Waals surface area contributed by atoms with Gasteiger partial charge in [-0.3, -0.25) is 4.79 Å². The summed E-state index contributed by atoms with van der Waals surface area (Å²) in [7, 11) is 1.62. The number of hydrogen-bond acceptors (Lipinski definition) is 5. The van der Waals surface area contributed by atoms with E-state index in [4.69, 9.17) is 4.74 Å². The molecule has 0 N–H and O–H groups in total. The smallest absolute Gasteiger partial charge is 0.186 e. The van der Waals surface area contributed by atoms with Crippen LogP contribution in [0.1, 0.15) is 54.9 Å². The quantitative estimate of drug-likeness (QED) is 0.617. The number of methoxy groups -OCH3 is 1. The third-order valence-electron chi connectivity index (χ3n) is 2.94. The molecule has 1 aromatic rings. The summed E-state index contributed by atoms with van der Waals surface area (Å²) >= 11 is 1.48. The van der Waals surface area contributed by atoms with Crippen LogP contribution in [0.5, 0.6) is 0 Å². The molecule has 108 valence electrons. The minimum Gasteiger partial charge on any atom is -0.378 e. The van der Waals surface area contributed by atoms with Crippen molar-refractivity contribution in [1.29, 1.82) is 0 Å². The summed E-state index contributed by atoms with van der Waals surface area (Å²) in [6.07, 6.45) is 5.52. The lowest BCUT2D eigenvalue weighted by molar-refractivity contribution is 0.112. The van der Waals surface area contributed by atoms with Gasteiger partial charge in [-0.1, -0.05) is 38.0 Å². The number of rotatable bonds is 10. The van der Waals surface area contributed by atoms with Gasteiger partial charge in [0.15, 0.2) is 11.4 Å². The number of hydrogen-bond donors (Lipinski definition) is 0. The van der Waals surface area contributed by atoms with Crippen LogP contribution in [0.4, 0.5) is 5.13 Å². The first-order valence-electron chi connectivity index (χ1n) is 6.95. The van der Waals surface area contributed by atoms with Gasteiger partial charge < -0.3 is 9.64 Å². The molecule has 0 bridgehead atoms. The molecule has 0 saturated heterocycles. The average Bonchev–Trinajstić information content (AvgIpc) is 2.82. The Morgan fingerprint density at radius 3 is 2.37 bits per heavy atom. The molecule has 0 aliphatic heterocycles. The molecule has 0 atom stereocenters. The van der Waals surface area contributed by atoms with Crippen LogP contribution in [0.3, 0.4) is 0 Å². The first kappa shape index (κ1) is 16.1. The number of ether oxygens (including phenoxy) is 1. The van der Waals surface area contributed by atoms with E-state index in [0.717, 1.165) is 43.0 Å². The Kier molecular flexibility index (Phi) is 7.67. The number of anilines is 1. The van der Waals surface area contributed by atoms with Gasteiger partial charge in [0.1, 0.15) is 0 Å². The molecule has 0 unspecified atom stereocenters. The lowest BCUT2D eigenvalue weighted by Crippen LogP contribution is -2.25. The Labute approximate surface area is 119 Å². The van der Waals surface area contributed by atoms with Gasteiger partial charge in [-0.05, 0) is 12.8 Å². The molecule has 0 aliphatic rings. The Morgan fingerprint density at radius 2 is 1.89 bits per heavy atom. The zero-order chi connectivity index (χ0) is 14.1. The van der Waals surface area contributed by atoms with E-state index in [1.54, 1.807) is 7.11 Å². The van der Waals surface area contributed by atoms with Crippen molar-refractivity contribution in [3.63, 3.8) is 0 Å². The zero-order valence-corrected chi connectivity index (χ0v) is 13.0. The number of unbranched alkanes of at least 4 members (excludes halogenated alkanes) is 2. The second kappa shape index (κ2) is 9.04. The third-order valence-corrected chi connectivity index (χ3v) is 4.02. The van der Waals surface area contributed by atoms with Gasteiger partial charge in [0.05, 0.1) is 17.2 Å². The summed E-state index contributed by atoms with van der Waals surface area (Å²) in [5.41, 5.74) is 0.760. The van der Waals surface area contributed by atoms with Crippen molar-refractivity contribution in [3.05, 3.63) is 10.6 Å². The Hall–Kier alpha value is -0.940. The second-order valence-electron chi connectivity index (χ2n) is 4.55. The van der Waals surface area contributed by atoms with Gasteiger partial charge in [-0.15, -0.1) is 0 Å². The Morgan fingerprint density at radius 1 is 1.26 bits per heavy atom. The molecular weight excluding hydrogens is 260 g/mol. The van der Waals surface area contributed by atoms with Crippen molar-refractivity contribution in [2.24, 2.45) is 0 Å². The van der Waals surface area contributed by atoms with Crippen LogP contribution in [-0.4, -0.2) is 31.5 Å². The van der Waals surface area contributed by atoms with Crippen LogP contribution in [0.25, 0.3) is 0 Å². The highest BCUT2D eigenvalue weighted by atomic mass is 32.1. The lowest BCUT2D eigenvalue weighted by atomic mass is 10.3. The molecule has 0 saturated carbocycles. The van der Waals surface area contributed by atoms with E-state index >= 15 is 0 Å². The fraction of sp³-hybridized carbons (Fsp3) is 0.714. The summed E-state index contributed by atoms with van der Waals surface area (Å²) in [4.78, 5) is 18.6. The van der Waals surface area contributed by atoms with Gasteiger partial charge in [0, 0.05) is 20.2 Å². The maximum Gasteiger partial charge on any atom is 0.186 e. The van der Waals surface area contributed by atoms with Crippen molar-refractivity contribution in [2.75, 3.05) is 25.1 Å². The van der Waals surface area contributed by atoms with Crippen molar-refractivity contribution < 1.29 is 9.53 Å². The monoisotopic (exact) mass is 284 g/mol. The number of nitrogens with zero attached hydrogens (tertiary/aromatic N) is 2. The predicted octanol–water partition coefficient (Wildman–Crippen LogP) is 3.51. The van der Waals surface area contributed by atoms with Crippen molar-refractivity contribution in [3.8, 4) is 0 Å². The van der Waals surface area contributed by atoms with Crippen LogP contribution in [0.15, 0.2) is 0 Å². The highest BCUT2D eigenvalue weighted by Crippen LogP contribution is 2.26. The molecule has 1 rings (SSSR count). The van der Waals surface area contributed by atoms with Crippen LogP contribution in [0.2, 0.25) is 0 Å². The standard InChI is InChI=1S/C14H24N2O2S/c1-4-6-8-16(9-7-5-2)14-15-12(11-18-3)13(10-17)19-14/h10H,4-9,11H2,1-3H3. The predicted molar refractivity (Wildman–Crippen MR) is 80.2 cm³/mol. The molecular formula is C14H24N2O2S. The minimum atomic E-state index is 0.403. The van der Waals surface area contributed by atoms with Gasteiger partial charge in [0.2, 0.25) is 0 Å². The fourth-order valence-electron chi connectivity index (χ4n) is 1.82. The molecule has 1 aromatic heterocycles. The Balaban J connectivity index is 2.83. The maximum absolute atomic E-state index is 11.1. The van der Waals surface area contributed by atoms with Gasteiger partial charge in [-0.25, -0.2) is 4.98 Å². The first-order valence-corrected chi connectivity index (χ1v) is 7.77. The number of aldehydes is 1. The highest BCUT2D eigenvalue weighted by molar-refractivity contribution is 7.17. The van der Waals surface area contributed by atoms with E-state index in [2.05, 4.69) is 23.7 Å². The molecule has 0 amide bonds. The molecule has 1 heterocycles. The van der Waals surface area contributed by atoms with Crippen LogP contribution >= 0.6 is 11.3 Å². The van der Waals surface area contributed by atoms with Crippen LogP contribution in [0, 0.1) is 0 Å².